The Kier molecular flexibility index (Phi) is 3.27. The van der Waals surface area contributed by atoms with Crippen molar-refractivity contribution >= 4 is 28.6 Å². The Morgan fingerprint density at radius 1 is 1.24 bits per heavy atom. The molecule has 3 rings (SSSR count). The van der Waals surface area contributed by atoms with Crippen molar-refractivity contribution in [1.82, 2.24) is 9.55 Å². The molecule has 0 radical (unpaired) electrons. The molecule has 0 amide bonds. The van der Waals surface area contributed by atoms with Crippen LogP contribution in [-0.2, 0) is 11.2 Å². The van der Waals surface area contributed by atoms with E-state index in [4.69, 9.17) is 16.7 Å². The van der Waals surface area contributed by atoms with Gasteiger partial charge in [-0.2, -0.15) is 0 Å². The lowest BCUT2D eigenvalue weighted by Gasteiger charge is -2.09. The number of imidazole rings is 1. The number of halogens is 1. The number of aromatic nitrogens is 2. The number of carboxylic acid groups (broad SMARTS) is 1. The normalized spacial score (nSPS) is 10.9. The van der Waals surface area contributed by atoms with Gasteiger partial charge in [-0.05, 0) is 29.8 Å². The second kappa shape index (κ2) is 5.10. The Morgan fingerprint density at radius 3 is 2.76 bits per heavy atom. The first-order valence-corrected chi connectivity index (χ1v) is 6.64. The molecule has 0 aliphatic rings. The Balaban J connectivity index is 2.28. The van der Waals surface area contributed by atoms with Crippen LogP contribution in [0, 0.1) is 0 Å². The van der Waals surface area contributed by atoms with Crippen molar-refractivity contribution in [3.05, 3.63) is 63.5 Å². The van der Waals surface area contributed by atoms with Crippen LogP contribution in [0.15, 0.2) is 47.3 Å². The van der Waals surface area contributed by atoms with E-state index in [1.165, 1.54) is 4.57 Å². The minimum Gasteiger partial charge on any atom is -0.481 e. The fourth-order valence-electron chi connectivity index (χ4n) is 2.36. The molecule has 5 nitrogen and oxygen atoms in total. The fourth-order valence-corrected chi connectivity index (χ4v) is 2.54. The number of aliphatic carboxylic acids is 1. The van der Waals surface area contributed by atoms with Gasteiger partial charge >= 0.3 is 11.7 Å². The van der Waals surface area contributed by atoms with E-state index in [9.17, 15) is 9.59 Å². The number of nitrogens with one attached hydrogen (secondary N) is 1. The molecule has 2 aromatic carbocycles. The van der Waals surface area contributed by atoms with Gasteiger partial charge in [0.05, 0.1) is 23.1 Å². The van der Waals surface area contributed by atoms with Gasteiger partial charge in [-0.3, -0.25) is 9.36 Å². The number of fused-ring (bicyclic) bond motifs is 1. The van der Waals surface area contributed by atoms with Crippen LogP contribution in [0.2, 0.25) is 5.02 Å². The minimum atomic E-state index is -0.946. The number of hydrogen-bond acceptors (Lipinski definition) is 2. The summed E-state index contributed by atoms with van der Waals surface area (Å²) in [4.78, 5) is 25.9. The summed E-state index contributed by atoms with van der Waals surface area (Å²) in [5.41, 5.74) is 2.06. The lowest BCUT2D eigenvalue weighted by molar-refractivity contribution is -0.136. The molecule has 3 aromatic rings. The van der Waals surface area contributed by atoms with Crippen molar-refractivity contribution in [2.45, 2.75) is 6.42 Å². The van der Waals surface area contributed by atoms with Crippen molar-refractivity contribution in [1.29, 1.82) is 0 Å². The zero-order chi connectivity index (χ0) is 15.0. The van der Waals surface area contributed by atoms with Crippen LogP contribution in [0.5, 0.6) is 0 Å². The molecule has 106 valence electrons. The van der Waals surface area contributed by atoms with Crippen LogP contribution in [0.1, 0.15) is 5.56 Å². The van der Waals surface area contributed by atoms with Crippen LogP contribution in [0.25, 0.3) is 16.7 Å². The first-order valence-electron chi connectivity index (χ1n) is 6.26. The molecular formula is C15H11ClN2O3. The summed E-state index contributed by atoms with van der Waals surface area (Å²) in [7, 11) is 0. The predicted octanol–water partition coefficient (Wildman–Crippen LogP) is 2.60. The van der Waals surface area contributed by atoms with Gasteiger partial charge in [-0.15, -0.1) is 0 Å². The monoisotopic (exact) mass is 302 g/mol. The van der Waals surface area contributed by atoms with E-state index in [1.54, 1.807) is 42.5 Å². The van der Waals surface area contributed by atoms with Crippen LogP contribution in [-0.4, -0.2) is 20.6 Å². The average Bonchev–Trinajstić information content (AvgIpc) is 2.74. The Bertz CT molecular complexity index is 895. The number of para-hydroxylation sites is 1. The topological polar surface area (TPSA) is 75.1 Å². The first kappa shape index (κ1) is 13.5. The molecule has 0 aliphatic carbocycles. The van der Waals surface area contributed by atoms with Crippen molar-refractivity contribution in [2.24, 2.45) is 0 Å². The maximum atomic E-state index is 12.2. The van der Waals surface area contributed by atoms with Gasteiger partial charge in [0.25, 0.3) is 0 Å². The Labute approximate surface area is 124 Å². The highest BCUT2D eigenvalue weighted by molar-refractivity contribution is 6.31. The highest BCUT2D eigenvalue weighted by Gasteiger charge is 2.13. The molecule has 0 bridgehead atoms. The van der Waals surface area contributed by atoms with Crippen molar-refractivity contribution in [3.63, 3.8) is 0 Å². The molecule has 0 atom stereocenters. The SMILES string of the molecule is O=C(O)Cc1ccccc1-n1c(=O)[nH]c2cc(Cl)ccc21. The summed E-state index contributed by atoms with van der Waals surface area (Å²) in [6, 6.07) is 12.0. The number of carbonyl (C=O) groups is 1. The number of aromatic amines is 1. The third-order valence-corrected chi connectivity index (χ3v) is 3.45. The third kappa shape index (κ3) is 2.43. The molecule has 0 fully saturated rings. The zero-order valence-electron chi connectivity index (χ0n) is 10.8. The Morgan fingerprint density at radius 2 is 2.00 bits per heavy atom. The van der Waals surface area contributed by atoms with E-state index in [2.05, 4.69) is 4.98 Å². The number of nitrogens with zero attached hydrogens (tertiary/aromatic N) is 1. The molecule has 6 heteroatoms. The molecule has 21 heavy (non-hydrogen) atoms. The maximum Gasteiger partial charge on any atom is 0.331 e. The van der Waals surface area contributed by atoms with Crippen molar-refractivity contribution in [2.75, 3.05) is 0 Å². The molecule has 0 unspecified atom stereocenters. The minimum absolute atomic E-state index is 0.150. The van der Waals surface area contributed by atoms with Gasteiger partial charge in [-0.1, -0.05) is 29.8 Å². The van der Waals surface area contributed by atoms with E-state index in [0.29, 0.717) is 27.3 Å². The number of benzene rings is 2. The van der Waals surface area contributed by atoms with Gasteiger partial charge in [0, 0.05) is 5.02 Å². The van der Waals surface area contributed by atoms with Crippen molar-refractivity contribution < 1.29 is 9.90 Å². The molecule has 2 N–H and O–H groups in total. The van der Waals surface area contributed by atoms with Crippen LogP contribution in [0.3, 0.4) is 0 Å². The quantitative estimate of drug-likeness (QED) is 0.781. The number of hydrogen-bond donors (Lipinski definition) is 2. The van der Waals surface area contributed by atoms with Gasteiger partial charge in [0.15, 0.2) is 0 Å². The summed E-state index contributed by atoms with van der Waals surface area (Å²) in [5.74, 6) is -0.946. The average molecular weight is 303 g/mol. The largest absolute Gasteiger partial charge is 0.481 e. The lowest BCUT2D eigenvalue weighted by atomic mass is 10.1. The van der Waals surface area contributed by atoms with Crippen LogP contribution >= 0.6 is 11.6 Å². The van der Waals surface area contributed by atoms with E-state index in [1.807, 2.05) is 0 Å². The molecule has 1 heterocycles. The summed E-state index contributed by atoms with van der Waals surface area (Å²) < 4.78 is 1.46. The Hall–Kier alpha value is -2.53. The molecular weight excluding hydrogens is 292 g/mol. The third-order valence-electron chi connectivity index (χ3n) is 3.22. The number of carboxylic acids is 1. The molecule has 0 spiro atoms. The first-order chi connectivity index (χ1) is 10.1. The smallest absolute Gasteiger partial charge is 0.331 e. The summed E-state index contributed by atoms with van der Waals surface area (Å²) in [6.07, 6.45) is -0.150. The van der Waals surface area contributed by atoms with Gasteiger partial charge in [0.2, 0.25) is 0 Å². The fraction of sp³-hybridized carbons (Fsp3) is 0.0667. The summed E-state index contributed by atoms with van der Waals surface area (Å²) >= 11 is 5.92. The maximum absolute atomic E-state index is 12.2. The second-order valence-corrected chi connectivity index (χ2v) is 5.06. The summed E-state index contributed by atoms with van der Waals surface area (Å²) in [6.45, 7) is 0. The summed E-state index contributed by atoms with van der Waals surface area (Å²) in [5, 5.41) is 9.52. The van der Waals surface area contributed by atoms with Crippen LogP contribution < -0.4 is 5.69 Å². The molecule has 1 aromatic heterocycles. The highest BCUT2D eigenvalue weighted by Crippen LogP contribution is 2.21. The molecule has 0 saturated heterocycles. The van der Waals surface area contributed by atoms with Crippen LogP contribution in [0.4, 0.5) is 0 Å². The van der Waals surface area contributed by atoms with Crippen molar-refractivity contribution in [3.8, 4) is 5.69 Å². The van der Waals surface area contributed by atoms with Gasteiger partial charge in [-0.25, -0.2) is 4.79 Å². The number of rotatable bonds is 3. The predicted molar refractivity (Wildman–Crippen MR) is 80.2 cm³/mol. The standard InChI is InChI=1S/C15H11ClN2O3/c16-10-5-6-13-11(8-10)17-15(21)18(13)12-4-2-1-3-9(12)7-14(19)20/h1-6,8H,7H2,(H,17,21)(H,19,20). The van der Waals surface area contributed by atoms with Gasteiger partial charge < -0.3 is 10.1 Å². The van der Waals surface area contributed by atoms with Gasteiger partial charge in [0.1, 0.15) is 0 Å². The van der Waals surface area contributed by atoms with E-state index in [-0.39, 0.29) is 12.1 Å². The van der Waals surface area contributed by atoms with E-state index < -0.39 is 5.97 Å². The lowest BCUT2D eigenvalue weighted by Crippen LogP contribution is -2.17. The molecule has 0 aliphatic heterocycles. The second-order valence-electron chi connectivity index (χ2n) is 4.63. The highest BCUT2D eigenvalue weighted by atomic mass is 35.5. The zero-order valence-corrected chi connectivity index (χ0v) is 11.6. The van der Waals surface area contributed by atoms with E-state index in [0.717, 1.165) is 0 Å². The van der Waals surface area contributed by atoms with E-state index >= 15 is 0 Å². The molecule has 0 saturated carbocycles. The number of H-pyrrole nitrogens is 1.